The lowest BCUT2D eigenvalue weighted by molar-refractivity contribution is -0.153. The molecule has 0 aliphatic heterocycles. The lowest BCUT2D eigenvalue weighted by Gasteiger charge is -2.19. The average molecular weight is 282 g/mol. The quantitative estimate of drug-likeness (QED) is 0.812. The number of carbonyl (C=O) groups is 1. The predicted octanol–water partition coefficient (Wildman–Crippen LogP) is 2.42. The van der Waals surface area contributed by atoms with Gasteiger partial charge >= 0.3 is 5.97 Å². The van der Waals surface area contributed by atoms with Crippen molar-refractivity contribution in [1.29, 1.82) is 0 Å². The van der Waals surface area contributed by atoms with Crippen LogP contribution in [0.4, 0.5) is 0 Å². The van der Waals surface area contributed by atoms with E-state index in [2.05, 4.69) is 0 Å². The highest BCUT2D eigenvalue weighted by Crippen LogP contribution is 2.38. The number of carbonyl (C=O) groups excluding carboxylic acids is 1. The van der Waals surface area contributed by atoms with Gasteiger partial charge in [-0.3, -0.25) is 0 Å². The second-order valence-electron chi connectivity index (χ2n) is 4.65. The minimum Gasteiger partial charge on any atom is -0.493 e. The number of esters is 1. The van der Waals surface area contributed by atoms with Gasteiger partial charge in [0, 0.05) is 5.56 Å². The zero-order chi connectivity index (χ0) is 15.3. The van der Waals surface area contributed by atoms with Crippen LogP contribution in [0.3, 0.4) is 0 Å². The summed E-state index contributed by atoms with van der Waals surface area (Å²) in [5.74, 6) is 0.353. The van der Waals surface area contributed by atoms with Crippen LogP contribution in [0.1, 0.15) is 43.9 Å². The first-order chi connectivity index (χ1) is 9.46. The van der Waals surface area contributed by atoms with E-state index in [9.17, 15) is 9.90 Å². The topological polar surface area (TPSA) is 65.0 Å². The minimum absolute atomic E-state index is 0.208. The summed E-state index contributed by atoms with van der Waals surface area (Å²) in [4.78, 5) is 11.7. The van der Waals surface area contributed by atoms with Crippen molar-refractivity contribution in [3.63, 3.8) is 0 Å². The van der Waals surface area contributed by atoms with Crippen LogP contribution in [-0.2, 0) is 9.53 Å². The van der Waals surface area contributed by atoms with E-state index >= 15 is 0 Å². The van der Waals surface area contributed by atoms with Crippen LogP contribution in [-0.4, -0.2) is 31.9 Å². The highest BCUT2D eigenvalue weighted by atomic mass is 16.5. The van der Waals surface area contributed by atoms with Crippen molar-refractivity contribution in [1.82, 2.24) is 0 Å². The number of hydrogen-bond acceptors (Lipinski definition) is 5. The largest absolute Gasteiger partial charge is 0.493 e. The average Bonchev–Trinajstić information content (AvgIpc) is 2.44. The van der Waals surface area contributed by atoms with Crippen LogP contribution < -0.4 is 9.47 Å². The fourth-order valence-corrected chi connectivity index (χ4v) is 1.90. The molecule has 0 amide bonds. The van der Waals surface area contributed by atoms with Crippen molar-refractivity contribution in [3.8, 4) is 11.5 Å². The summed E-state index contributed by atoms with van der Waals surface area (Å²) >= 11 is 0. The van der Waals surface area contributed by atoms with Crippen LogP contribution in [0.15, 0.2) is 12.1 Å². The Labute approximate surface area is 119 Å². The van der Waals surface area contributed by atoms with E-state index in [-0.39, 0.29) is 12.5 Å². The van der Waals surface area contributed by atoms with E-state index in [1.165, 1.54) is 14.2 Å². The fraction of sp³-hybridized carbons (Fsp3) is 0.533. The van der Waals surface area contributed by atoms with E-state index in [0.29, 0.717) is 17.1 Å². The first-order valence-electron chi connectivity index (χ1n) is 6.56. The first kappa shape index (κ1) is 16.3. The van der Waals surface area contributed by atoms with Gasteiger partial charge in [0.25, 0.3) is 0 Å². The number of rotatable bonds is 6. The molecular formula is C15H22O5. The highest BCUT2D eigenvalue weighted by Gasteiger charge is 2.26. The van der Waals surface area contributed by atoms with Gasteiger partial charge in [0.1, 0.15) is 0 Å². The molecule has 0 aliphatic carbocycles. The summed E-state index contributed by atoms with van der Waals surface area (Å²) < 4.78 is 15.4. The molecule has 5 nitrogen and oxygen atoms in total. The lowest BCUT2D eigenvalue weighted by Crippen LogP contribution is -2.17. The Kier molecular flexibility index (Phi) is 5.82. The molecule has 1 atom stereocenters. The number of ether oxygens (including phenoxy) is 3. The molecule has 1 aromatic carbocycles. The summed E-state index contributed by atoms with van der Waals surface area (Å²) in [6.07, 6.45) is -1.39. The second kappa shape index (κ2) is 7.14. The van der Waals surface area contributed by atoms with Gasteiger partial charge in [-0.15, -0.1) is 0 Å². The normalized spacial score (nSPS) is 12.2. The minimum atomic E-state index is -1.39. The van der Waals surface area contributed by atoms with Gasteiger partial charge in [-0.1, -0.05) is 13.8 Å². The molecule has 1 aromatic rings. The second-order valence-corrected chi connectivity index (χ2v) is 4.65. The molecule has 0 saturated heterocycles. The number of aliphatic hydroxyl groups is 1. The maximum atomic E-state index is 11.7. The van der Waals surface area contributed by atoms with E-state index in [1.807, 2.05) is 19.9 Å². The predicted molar refractivity (Wildman–Crippen MR) is 75.2 cm³/mol. The number of benzene rings is 1. The molecule has 0 aromatic heterocycles. The van der Waals surface area contributed by atoms with Gasteiger partial charge in [0.05, 0.1) is 20.8 Å². The Hall–Kier alpha value is -1.75. The molecule has 1 N–H and O–H groups in total. The Morgan fingerprint density at radius 3 is 2.35 bits per heavy atom. The zero-order valence-electron chi connectivity index (χ0n) is 12.6. The highest BCUT2D eigenvalue weighted by molar-refractivity contribution is 5.78. The Morgan fingerprint density at radius 2 is 1.90 bits per heavy atom. The Bertz CT molecular complexity index is 468. The molecule has 1 rings (SSSR count). The summed E-state index contributed by atoms with van der Waals surface area (Å²) in [7, 11) is 2.98. The third kappa shape index (κ3) is 3.42. The molecule has 0 heterocycles. The van der Waals surface area contributed by atoms with Gasteiger partial charge in [-0.25, -0.2) is 4.79 Å². The summed E-state index contributed by atoms with van der Waals surface area (Å²) in [5.41, 5.74) is 1.30. The molecule has 0 bridgehead atoms. The SMILES string of the molecule is CCOC(=O)C(O)c1cc(C(C)C)cc(OC)c1OC. The van der Waals surface area contributed by atoms with Gasteiger partial charge in [-0.05, 0) is 30.5 Å². The van der Waals surface area contributed by atoms with Gasteiger partial charge in [-0.2, -0.15) is 0 Å². The molecule has 20 heavy (non-hydrogen) atoms. The molecule has 1 unspecified atom stereocenters. The van der Waals surface area contributed by atoms with Crippen molar-refractivity contribution in [3.05, 3.63) is 23.3 Å². The van der Waals surface area contributed by atoms with Crippen LogP contribution in [0.25, 0.3) is 0 Å². The van der Waals surface area contributed by atoms with E-state index in [4.69, 9.17) is 14.2 Å². The van der Waals surface area contributed by atoms with E-state index in [1.54, 1.807) is 13.0 Å². The van der Waals surface area contributed by atoms with E-state index in [0.717, 1.165) is 5.56 Å². The number of hydrogen-bond donors (Lipinski definition) is 1. The van der Waals surface area contributed by atoms with Crippen molar-refractivity contribution >= 4 is 5.97 Å². The van der Waals surface area contributed by atoms with Crippen LogP contribution in [0.5, 0.6) is 11.5 Å². The monoisotopic (exact) mass is 282 g/mol. The molecular weight excluding hydrogens is 260 g/mol. The zero-order valence-corrected chi connectivity index (χ0v) is 12.6. The van der Waals surface area contributed by atoms with Gasteiger partial charge < -0.3 is 19.3 Å². The summed E-state index contributed by atoms with van der Waals surface area (Å²) in [5, 5.41) is 10.1. The Morgan fingerprint density at radius 1 is 1.25 bits per heavy atom. The number of aliphatic hydroxyl groups excluding tert-OH is 1. The molecule has 0 fully saturated rings. The van der Waals surface area contributed by atoms with E-state index < -0.39 is 12.1 Å². The number of methoxy groups -OCH3 is 2. The molecule has 0 spiro atoms. The van der Waals surface area contributed by atoms with Crippen molar-refractivity contribution in [2.75, 3.05) is 20.8 Å². The van der Waals surface area contributed by atoms with Crippen LogP contribution in [0, 0.1) is 0 Å². The molecule has 0 aliphatic rings. The van der Waals surface area contributed by atoms with Gasteiger partial charge in [0.2, 0.25) is 0 Å². The fourth-order valence-electron chi connectivity index (χ4n) is 1.90. The van der Waals surface area contributed by atoms with Crippen molar-refractivity contribution in [2.45, 2.75) is 32.8 Å². The molecule has 5 heteroatoms. The third-order valence-corrected chi connectivity index (χ3v) is 3.00. The summed E-state index contributed by atoms with van der Waals surface area (Å²) in [6, 6.07) is 3.58. The van der Waals surface area contributed by atoms with Gasteiger partial charge in [0.15, 0.2) is 17.6 Å². The Balaban J connectivity index is 3.34. The third-order valence-electron chi connectivity index (χ3n) is 3.00. The maximum Gasteiger partial charge on any atom is 0.339 e. The molecule has 0 radical (unpaired) electrons. The van der Waals surface area contributed by atoms with Crippen molar-refractivity contribution < 1.29 is 24.1 Å². The summed E-state index contributed by atoms with van der Waals surface area (Å²) in [6.45, 7) is 5.93. The first-order valence-corrected chi connectivity index (χ1v) is 6.56. The molecule has 0 saturated carbocycles. The van der Waals surface area contributed by atoms with Crippen LogP contribution in [0.2, 0.25) is 0 Å². The lowest BCUT2D eigenvalue weighted by atomic mass is 9.97. The van der Waals surface area contributed by atoms with Crippen LogP contribution >= 0.6 is 0 Å². The molecule has 112 valence electrons. The standard InChI is InChI=1S/C15H22O5/c1-6-20-15(17)13(16)11-7-10(9(2)3)8-12(18-4)14(11)19-5/h7-9,13,16H,6H2,1-5H3. The van der Waals surface area contributed by atoms with Crippen molar-refractivity contribution in [2.24, 2.45) is 0 Å². The maximum absolute atomic E-state index is 11.7. The smallest absolute Gasteiger partial charge is 0.339 e.